The Hall–Kier alpha value is -4.01. The Kier molecular flexibility index (Phi) is 5.74. The molecule has 0 atom stereocenters. The Morgan fingerprint density at radius 1 is 0.968 bits per heavy atom. The number of halogens is 2. The summed E-state index contributed by atoms with van der Waals surface area (Å²) in [7, 11) is 0. The maximum absolute atomic E-state index is 12.8. The molecule has 0 radical (unpaired) electrons. The molecular formula is C22H18F2N4O3. The number of furan rings is 1. The molecule has 0 aliphatic rings. The van der Waals surface area contributed by atoms with Gasteiger partial charge in [0.05, 0.1) is 23.8 Å². The zero-order valence-electron chi connectivity index (χ0n) is 16.2. The SMILES string of the molecule is O=C(NCc1cccc(C(=O)NCc2ccco2)c1)c1ccc2nc(C(F)F)[nH]c2c1. The number of rotatable bonds is 7. The second kappa shape index (κ2) is 8.78. The number of carbonyl (C=O) groups excluding carboxylic acids is 2. The molecule has 2 heterocycles. The highest BCUT2D eigenvalue weighted by atomic mass is 19.3. The van der Waals surface area contributed by atoms with E-state index in [9.17, 15) is 18.4 Å². The van der Waals surface area contributed by atoms with Crippen molar-refractivity contribution >= 4 is 22.8 Å². The van der Waals surface area contributed by atoms with Crippen molar-refractivity contribution in [1.29, 1.82) is 0 Å². The van der Waals surface area contributed by atoms with Crippen molar-refractivity contribution in [2.45, 2.75) is 19.5 Å². The van der Waals surface area contributed by atoms with Crippen LogP contribution in [0.2, 0.25) is 0 Å². The maximum Gasteiger partial charge on any atom is 0.295 e. The Balaban J connectivity index is 1.38. The van der Waals surface area contributed by atoms with Gasteiger partial charge in [0.2, 0.25) is 0 Å². The number of aromatic amines is 1. The van der Waals surface area contributed by atoms with Gasteiger partial charge < -0.3 is 20.0 Å². The Morgan fingerprint density at radius 3 is 2.48 bits per heavy atom. The van der Waals surface area contributed by atoms with Gasteiger partial charge in [-0.1, -0.05) is 12.1 Å². The lowest BCUT2D eigenvalue weighted by molar-refractivity contribution is 0.0943. The maximum atomic E-state index is 12.8. The summed E-state index contributed by atoms with van der Waals surface area (Å²) in [5.74, 6) is -0.423. The van der Waals surface area contributed by atoms with Crippen molar-refractivity contribution in [3.8, 4) is 0 Å². The van der Waals surface area contributed by atoms with Crippen molar-refractivity contribution in [3.05, 3.63) is 89.1 Å². The fourth-order valence-corrected chi connectivity index (χ4v) is 3.06. The van der Waals surface area contributed by atoms with Gasteiger partial charge in [-0.3, -0.25) is 9.59 Å². The first-order chi connectivity index (χ1) is 15.0. The molecule has 0 aliphatic heterocycles. The molecule has 3 N–H and O–H groups in total. The zero-order valence-corrected chi connectivity index (χ0v) is 16.2. The molecule has 2 aromatic heterocycles. The molecule has 0 bridgehead atoms. The third-order valence-corrected chi connectivity index (χ3v) is 4.61. The summed E-state index contributed by atoms with van der Waals surface area (Å²) < 4.78 is 30.7. The highest BCUT2D eigenvalue weighted by molar-refractivity contribution is 5.97. The first kappa shape index (κ1) is 20.3. The van der Waals surface area contributed by atoms with Crippen molar-refractivity contribution in [1.82, 2.24) is 20.6 Å². The van der Waals surface area contributed by atoms with Gasteiger partial charge in [0, 0.05) is 17.7 Å². The van der Waals surface area contributed by atoms with Gasteiger partial charge in [0.25, 0.3) is 18.2 Å². The van der Waals surface area contributed by atoms with Crippen LogP contribution in [0.4, 0.5) is 8.78 Å². The monoisotopic (exact) mass is 424 g/mol. The van der Waals surface area contributed by atoms with E-state index in [1.807, 2.05) is 0 Å². The largest absolute Gasteiger partial charge is 0.467 e. The normalized spacial score (nSPS) is 11.1. The van der Waals surface area contributed by atoms with E-state index < -0.39 is 12.2 Å². The van der Waals surface area contributed by atoms with Gasteiger partial charge in [-0.2, -0.15) is 0 Å². The number of H-pyrrole nitrogens is 1. The van der Waals surface area contributed by atoms with E-state index in [0.29, 0.717) is 27.9 Å². The fraction of sp³-hybridized carbons (Fsp3) is 0.136. The second-order valence-electron chi connectivity index (χ2n) is 6.80. The second-order valence-corrected chi connectivity index (χ2v) is 6.80. The van der Waals surface area contributed by atoms with Crippen molar-refractivity contribution < 1.29 is 22.8 Å². The van der Waals surface area contributed by atoms with Crippen LogP contribution in [0, 0.1) is 0 Å². The number of benzene rings is 2. The summed E-state index contributed by atoms with van der Waals surface area (Å²) in [6.45, 7) is 0.470. The molecule has 0 spiro atoms. The molecule has 2 aromatic carbocycles. The van der Waals surface area contributed by atoms with Crippen LogP contribution < -0.4 is 10.6 Å². The quantitative estimate of drug-likeness (QED) is 0.418. The number of nitrogens with zero attached hydrogens (tertiary/aromatic N) is 1. The lowest BCUT2D eigenvalue weighted by atomic mass is 10.1. The van der Waals surface area contributed by atoms with Crippen LogP contribution in [-0.2, 0) is 13.1 Å². The molecule has 0 saturated carbocycles. The lowest BCUT2D eigenvalue weighted by Gasteiger charge is -2.08. The fourth-order valence-electron chi connectivity index (χ4n) is 3.06. The predicted molar refractivity (Wildman–Crippen MR) is 109 cm³/mol. The molecule has 0 saturated heterocycles. The van der Waals surface area contributed by atoms with Gasteiger partial charge in [-0.15, -0.1) is 0 Å². The van der Waals surface area contributed by atoms with Crippen LogP contribution in [0.1, 0.15) is 44.3 Å². The van der Waals surface area contributed by atoms with Crippen LogP contribution >= 0.6 is 0 Å². The minimum atomic E-state index is -2.71. The molecule has 7 nitrogen and oxygen atoms in total. The van der Waals surface area contributed by atoms with Gasteiger partial charge in [-0.05, 0) is 48.0 Å². The van der Waals surface area contributed by atoms with Gasteiger partial charge in [-0.25, -0.2) is 13.8 Å². The average molecular weight is 424 g/mol. The van der Waals surface area contributed by atoms with E-state index in [-0.39, 0.29) is 24.9 Å². The number of hydrogen-bond donors (Lipinski definition) is 3. The number of carbonyl (C=O) groups is 2. The standard InChI is InChI=1S/C22H18F2N4O3/c23-19(24)20-27-17-7-6-15(10-18(17)28-20)22(30)25-11-13-3-1-4-14(9-13)21(29)26-12-16-5-2-8-31-16/h1-10,19H,11-12H2,(H,25,30)(H,26,29)(H,27,28). The van der Waals surface area contributed by atoms with Crippen LogP contribution in [0.5, 0.6) is 0 Å². The van der Waals surface area contributed by atoms with E-state index in [0.717, 1.165) is 5.56 Å². The highest BCUT2D eigenvalue weighted by Crippen LogP contribution is 2.20. The van der Waals surface area contributed by atoms with Crippen molar-refractivity contribution in [2.24, 2.45) is 0 Å². The molecule has 4 rings (SSSR count). The minimum absolute atomic E-state index is 0.196. The third-order valence-electron chi connectivity index (χ3n) is 4.61. The number of aromatic nitrogens is 2. The first-order valence-corrected chi connectivity index (χ1v) is 9.45. The van der Waals surface area contributed by atoms with Gasteiger partial charge in [0.1, 0.15) is 5.76 Å². The number of nitrogens with one attached hydrogen (secondary N) is 3. The van der Waals surface area contributed by atoms with E-state index in [1.54, 1.807) is 36.4 Å². The zero-order chi connectivity index (χ0) is 21.8. The Labute approximate surface area is 175 Å². The first-order valence-electron chi connectivity index (χ1n) is 9.45. The summed E-state index contributed by atoms with van der Waals surface area (Å²) in [4.78, 5) is 31.1. The molecule has 9 heteroatoms. The van der Waals surface area contributed by atoms with Gasteiger partial charge >= 0.3 is 0 Å². The number of imidazole rings is 1. The topological polar surface area (TPSA) is 100 Å². The molecule has 31 heavy (non-hydrogen) atoms. The summed E-state index contributed by atoms with van der Waals surface area (Å²) in [6.07, 6.45) is -1.18. The molecular weight excluding hydrogens is 406 g/mol. The van der Waals surface area contributed by atoms with Crippen molar-refractivity contribution in [2.75, 3.05) is 0 Å². The summed E-state index contributed by atoms with van der Waals surface area (Å²) >= 11 is 0. The van der Waals surface area contributed by atoms with Crippen LogP contribution in [0.15, 0.2) is 65.3 Å². The lowest BCUT2D eigenvalue weighted by Crippen LogP contribution is -2.24. The average Bonchev–Trinajstić information content (AvgIpc) is 3.45. The van der Waals surface area contributed by atoms with E-state index in [2.05, 4.69) is 20.6 Å². The van der Waals surface area contributed by atoms with Crippen LogP contribution in [0.25, 0.3) is 11.0 Å². The molecule has 0 aliphatic carbocycles. The molecule has 4 aromatic rings. The Bertz CT molecular complexity index is 1220. The van der Waals surface area contributed by atoms with Crippen LogP contribution in [0.3, 0.4) is 0 Å². The molecule has 158 valence electrons. The number of alkyl halides is 2. The van der Waals surface area contributed by atoms with E-state index in [1.165, 1.54) is 24.5 Å². The van der Waals surface area contributed by atoms with Gasteiger partial charge in [0.15, 0.2) is 5.82 Å². The Morgan fingerprint density at radius 2 is 1.74 bits per heavy atom. The molecule has 2 amide bonds. The third kappa shape index (κ3) is 4.77. The highest BCUT2D eigenvalue weighted by Gasteiger charge is 2.14. The predicted octanol–water partition coefficient (Wildman–Crippen LogP) is 3.95. The minimum Gasteiger partial charge on any atom is -0.467 e. The summed E-state index contributed by atoms with van der Waals surface area (Å²) in [5.41, 5.74) is 2.22. The summed E-state index contributed by atoms with van der Waals surface area (Å²) in [5, 5.41) is 5.53. The molecule has 0 fully saturated rings. The smallest absolute Gasteiger partial charge is 0.295 e. The summed E-state index contributed by atoms with van der Waals surface area (Å²) in [6, 6.07) is 14.9. The molecule has 0 unspecified atom stereocenters. The number of amides is 2. The van der Waals surface area contributed by atoms with E-state index >= 15 is 0 Å². The van der Waals surface area contributed by atoms with E-state index in [4.69, 9.17) is 4.42 Å². The number of fused-ring (bicyclic) bond motifs is 1. The van der Waals surface area contributed by atoms with Crippen molar-refractivity contribution in [3.63, 3.8) is 0 Å². The number of hydrogen-bond acceptors (Lipinski definition) is 4. The van der Waals surface area contributed by atoms with Crippen LogP contribution in [-0.4, -0.2) is 21.8 Å².